The van der Waals surface area contributed by atoms with Crippen molar-refractivity contribution in [1.82, 2.24) is 15.0 Å². The number of hydrogen-bond acceptors (Lipinski definition) is 3. The summed E-state index contributed by atoms with van der Waals surface area (Å²) in [7, 11) is 0. The lowest BCUT2D eigenvalue weighted by molar-refractivity contribution is 0.1000. The quantitative estimate of drug-likeness (QED) is 0.777. The van der Waals surface area contributed by atoms with Crippen LogP contribution in [-0.4, -0.2) is 20.9 Å². The molecule has 0 aliphatic heterocycles. The van der Waals surface area contributed by atoms with Gasteiger partial charge in [0.25, 0.3) is 0 Å². The van der Waals surface area contributed by atoms with Gasteiger partial charge in [0.1, 0.15) is 5.82 Å². The molecule has 1 amide bonds. The van der Waals surface area contributed by atoms with Gasteiger partial charge in [0.05, 0.1) is 17.6 Å². The van der Waals surface area contributed by atoms with Gasteiger partial charge >= 0.3 is 0 Å². The first kappa shape index (κ1) is 14.3. The largest absolute Gasteiger partial charge is 0.366 e. The Kier molecular flexibility index (Phi) is 3.89. The summed E-state index contributed by atoms with van der Waals surface area (Å²) in [6.07, 6.45) is 3.82. The van der Waals surface area contributed by atoms with Crippen molar-refractivity contribution in [3.63, 3.8) is 0 Å². The molecule has 3 rings (SSSR count). The number of halogens is 1. The fraction of sp³-hybridized carbons (Fsp3) is 0.0625. The highest BCUT2D eigenvalue weighted by molar-refractivity contribution is 6.31. The highest BCUT2D eigenvalue weighted by Gasteiger charge is 2.09. The van der Waals surface area contributed by atoms with E-state index in [1.54, 1.807) is 24.5 Å². The number of amides is 1. The number of pyridine rings is 1. The van der Waals surface area contributed by atoms with Crippen LogP contribution in [0.1, 0.15) is 21.7 Å². The number of benzene rings is 1. The molecule has 1 aromatic carbocycles. The van der Waals surface area contributed by atoms with Gasteiger partial charge in [-0.1, -0.05) is 29.8 Å². The minimum atomic E-state index is -0.487. The SMILES string of the molecule is NC(=O)c1ccnc(-c2cnc(Cc3ccccc3Cl)[nH]2)c1. The van der Waals surface area contributed by atoms with Gasteiger partial charge < -0.3 is 10.7 Å². The number of carbonyl (C=O) groups is 1. The Morgan fingerprint density at radius 1 is 1.23 bits per heavy atom. The van der Waals surface area contributed by atoms with Gasteiger partial charge in [-0.3, -0.25) is 9.78 Å². The minimum Gasteiger partial charge on any atom is -0.366 e. The van der Waals surface area contributed by atoms with Gasteiger partial charge in [0.15, 0.2) is 0 Å². The lowest BCUT2D eigenvalue weighted by atomic mass is 10.1. The summed E-state index contributed by atoms with van der Waals surface area (Å²) in [5.74, 6) is 0.286. The van der Waals surface area contributed by atoms with Crippen LogP contribution in [-0.2, 0) is 6.42 Å². The van der Waals surface area contributed by atoms with E-state index >= 15 is 0 Å². The van der Waals surface area contributed by atoms with Crippen molar-refractivity contribution in [2.24, 2.45) is 5.73 Å². The standard InChI is InChI=1S/C16H13ClN4O/c17-12-4-2-1-3-10(12)8-15-20-9-14(21-15)13-7-11(16(18)22)5-6-19-13/h1-7,9H,8H2,(H2,18,22)(H,20,21). The summed E-state index contributed by atoms with van der Waals surface area (Å²) in [5.41, 5.74) is 8.02. The Hall–Kier alpha value is -2.66. The summed E-state index contributed by atoms with van der Waals surface area (Å²) < 4.78 is 0. The monoisotopic (exact) mass is 312 g/mol. The molecule has 0 bridgehead atoms. The average molecular weight is 313 g/mol. The fourth-order valence-electron chi connectivity index (χ4n) is 2.14. The molecule has 0 saturated carbocycles. The Bertz CT molecular complexity index is 828. The van der Waals surface area contributed by atoms with E-state index in [0.29, 0.717) is 22.7 Å². The van der Waals surface area contributed by atoms with Crippen LogP contribution in [0.2, 0.25) is 5.02 Å². The van der Waals surface area contributed by atoms with Crippen molar-refractivity contribution in [2.45, 2.75) is 6.42 Å². The molecule has 0 unspecified atom stereocenters. The summed E-state index contributed by atoms with van der Waals surface area (Å²) in [6, 6.07) is 10.8. The summed E-state index contributed by atoms with van der Waals surface area (Å²) in [6.45, 7) is 0. The first-order chi connectivity index (χ1) is 10.6. The van der Waals surface area contributed by atoms with E-state index in [2.05, 4.69) is 15.0 Å². The lowest BCUT2D eigenvalue weighted by Gasteiger charge is -2.01. The normalized spacial score (nSPS) is 10.6. The number of imidazole rings is 1. The number of H-pyrrole nitrogens is 1. The number of primary amides is 1. The van der Waals surface area contributed by atoms with Crippen LogP contribution in [0.3, 0.4) is 0 Å². The van der Waals surface area contributed by atoms with Crippen molar-refractivity contribution in [3.05, 3.63) is 70.8 Å². The zero-order valence-corrected chi connectivity index (χ0v) is 12.3. The Labute approximate surface area is 132 Å². The summed E-state index contributed by atoms with van der Waals surface area (Å²) in [4.78, 5) is 23.0. The molecule has 2 heterocycles. The van der Waals surface area contributed by atoms with Crippen molar-refractivity contribution >= 4 is 17.5 Å². The van der Waals surface area contributed by atoms with E-state index in [0.717, 1.165) is 17.1 Å². The molecule has 0 spiro atoms. The molecule has 6 heteroatoms. The maximum Gasteiger partial charge on any atom is 0.248 e. The molecule has 3 N–H and O–H groups in total. The molecule has 0 aliphatic carbocycles. The molecule has 3 aromatic rings. The van der Waals surface area contributed by atoms with Gasteiger partial charge in [-0.05, 0) is 23.8 Å². The van der Waals surface area contributed by atoms with Gasteiger partial charge in [-0.2, -0.15) is 0 Å². The third-order valence-electron chi connectivity index (χ3n) is 3.26. The molecule has 0 aliphatic rings. The maximum absolute atomic E-state index is 11.2. The molecule has 110 valence electrons. The van der Waals surface area contributed by atoms with Gasteiger partial charge in [-0.15, -0.1) is 0 Å². The number of aromatic nitrogens is 3. The van der Waals surface area contributed by atoms with E-state index in [-0.39, 0.29) is 0 Å². The molecule has 0 radical (unpaired) electrons. The predicted octanol–water partition coefficient (Wildman–Crippen LogP) is 2.81. The molecule has 2 aromatic heterocycles. The van der Waals surface area contributed by atoms with Crippen molar-refractivity contribution in [1.29, 1.82) is 0 Å². The molecule has 0 atom stereocenters. The van der Waals surface area contributed by atoms with E-state index in [4.69, 9.17) is 17.3 Å². The Morgan fingerprint density at radius 2 is 2.05 bits per heavy atom. The number of rotatable bonds is 4. The minimum absolute atomic E-state index is 0.409. The zero-order valence-electron chi connectivity index (χ0n) is 11.6. The molecule has 0 fully saturated rings. The predicted molar refractivity (Wildman–Crippen MR) is 84.6 cm³/mol. The molecule has 0 saturated heterocycles. The number of carbonyl (C=O) groups excluding carboxylic acids is 1. The molecular weight excluding hydrogens is 300 g/mol. The summed E-state index contributed by atoms with van der Waals surface area (Å²) in [5, 5.41) is 0.703. The molecule has 5 nitrogen and oxygen atoms in total. The number of nitrogens with one attached hydrogen (secondary N) is 1. The number of nitrogens with zero attached hydrogens (tertiary/aromatic N) is 2. The van der Waals surface area contributed by atoms with Crippen LogP contribution >= 0.6 is 11.6 Å². The topological polar surface area (TPSA) is 84.7 Å². The lowest BCUT2D eigenvalue weighted by Crippen LogP contribution is -2.11. The fourth-order valence-corrected chi connectivity index (χ4v) is 2.34. The first-order valence-corrected chi connectivity index (χ1v) is 7.05. The van der Waals surface area contributed by atoms with Gasteiger partial charge in [0, 0.05) is 23.2 Å². The number of nitrogens with two attached hydrogens (primary N) is 1. The first-order valence-electron chi connectivity index (χ1n) is 6.67. The smallest absolute Gasteiger partial charge is 0.248 e. The number of aromatic amines is 1. The van der Waals surface area contributed by atoms with Crippen molar-refractivity contribution in [3.8, 4) is 11.4 Å². The van der Waals surface area contributed by atoms with E-state index < -0.39 is 5.91 Å². The zero-order chi connectivity index (χ0) is 15.5. The second kappa shape index (κ2) is 5.99. The highest BCUT2D eigenvalue weighted by Crippen LogP contribution is 2.20. The van der Waals surface area contributed by atoms with Crippen LogP contribution in [0.5, 0.6) is 0 Å². The number of hydrogen-bond donors (Lipinski definition) is 2. The average Bonchev–Trinajstić information content (AvgIpc) is 2.98. The van der Waals surface area contributed by atoms with Crippen LogP contribution < -0.4 is 5.73 Å². The maximum atomic E-state index is 11.2. The van der Waals surface area contributed by atoms with Crippen molar-refractivity contribution < 1.29 is 4.79 Å². The third-order valence-corrected chi connectivity index (χ3v) is 3.63. The third kappa shape index (κ3) is 2.99. The second-order valence-electron chi connectivity index (χ2n) is 4.81. The molecule has 22 heavy (non-hydrogen) atoms. The molecular formula is C16H13ClN4O. The Balaban J connectivity index is 1.86. The van der Waals surface area contributed by atoms with Crippen LogP contribution in [0.4, 0.5) is 0 Å². The van der Waals surface area contributed by atoms with E-state index in [1.807, 2.05) is 24.3 Å². The Morgan fingerprint density at radius 3 is 2.82 bits per heavy atom. The van der Waals surface area contributed by atoms with Gasteiger partial charge in [-0.25, -0.2) is 4.98 Å². The van der Waals surface area contributed by atoms with Crippen LogP contribution in [0, 0.1) is 0 Å². The van der Waals surface area contributed by atoms with E-state index in [1.165, 1.54) is 0 Å². The second-order valence-corrected chi connectivity index (χ2v) is 5.21. The van der Waals surface area contributed by atoms with Crippen LogP contribution in [0.25, 0.3) is 11.4 Å². The summed E-state index contributed by atoms with van der Waals surface area (Å²) >= 11 is 6.15. The van der Waals surface area contributed by atoms with E-state index in [9.17, 15) is 4.79 Å². The van der Waals surface area contributed by atoms with Gasteiger partial charge in [0.2, 0.25) is 5.91 Å². The van der Waals surface area contributed by atoms with Crippen LogP contribution in [0.15, 0.2) is 48.8 Å². The van der Waals surface area contributed by atoms with Crippen molar-refractivity contribution in [2.75, 3.05) is 0 Å². The highest BCUT2D eigenvalue weighted by atomic mass is 35.5.